The van der Waals surface area contributed by atoms with Crippen molar-refractivity contribution in [2.75, 3.05) is 19.4 Å². The second-order valence-corrected chi connectivity index (χ2v) is 7.11. The van der Waals surface area contributed by atoms with Crippen molar-refractivity contribution in [3.8, 4) is 11.5 Å². The summed E-state index contributed by atoms with van der Waals surface area (Å²) in [6.45, 7) is 2.51. The summed E-state index contributed by atoms with van der Waals surface area (Å²) < 4.78 is 11.1. The van der Waals surface area contributed by atoms with E-state index in [1.54, 1.807) is 24.9 Å². The van der Waals surface area contributed by atoms with Crippen molar-refractivity contribution >= 4 is 29.3 Å². The van der Waals surface area contributed by atoms with Crippen molar-refractivity contribution in [2.45, 2.75) is 25.2 Å². The van der Waals surface area contributed by atoms with Crippen LogP contribution in [0, 0.1) is 0 Å². The van der Waals surface area contributed by atoms with E-state index in [9.17, 15) is 4.79 Å². The number of carbonyl (C=O) groups is 1. The third kappa shape index (κ3) is 6.15. The van der Waals surface area contributed by atoms with Gasteiger partial charge in [0.05, 0.1) is 7.11 Å². The summed E-state index contributed by atoms with van der Waals surface area (Å²) in [7, 11) is 1.58. The van der Waals surface area contributed by atoms with Gasteiger partial charge >= 0.3 is 0 Å². The Bertz CT molecular complexity index is 711. The topological polar surface area (TPSA) is 47.6 Å². The number of rotatable bonds is 10. The highest BCUT2D eigenvalue weighted by Crippen LogP contribution is 2.27. The molecule has 2 rings (SSSR count). The minimum Gasteiger partial charge on any atom is -0.493 e. The summed E-state index contributed by atoms with van der Waals surface area (Å²) in [6.07, 6.45) is 0.0382. The minimum absolute atomic E-state index is 0.114. The fourth-order valence-electron chi connectivity index (χ4n) is 2.35. The highest BCUT2D eigenvalue weighted by molar-refractivity contribution is 7.98. The number of nitrogens with one attached hydrogen (secondary N) is 1. The molecule has 1 amide bonds. The van der Waals surface area contributed by atoms with Crippen LogP contribution in [-0.4, -0.2) is 31.4 Å². The van der Waals surface area contributed by atoms with Gasteiger partial charge in [0.1, 0.15) is 0 Å². The minimum atomic E-state index is -0.542. The van der Waals surface area contributed by atoms with Gasteiger partial charge in [0.2, 0.25) is 0 Å². The van der Waals surface area contributed by atoms with Crippen molar-refractivity contribution in [1.29, 1.82) is 0 Å². The van der Waals surface area contributed by atoms with Crippen LogP contribution in [0.2, 0.25) is 5.02 Å². The van der Waals surface area contributed by atoms with Crippen LogP contribution in [0.4, 0.5) is 0 Å². The summed E-state index contributed by atoms with van der Waals surface area (Å²) in [5, 5.41) is 3.71. The number of para-hydroxylation sites is 2. The van der Waals surface area contributed by atoms with E-state index in [2.05, 4.69) is 5.32 Å². The number of benzene rings is 2. The molecule has 0 saturated heterocycles. The van der Waals surface area contributed by atoms with E-state index in [0.717, 1.165) is 22.1 Å². The van der Waals surface area contributed by atoms with Crippen molar-refractivity contribution in [2.24, 2.45) is 0 Å². The van der Waals surface area contributed by atoms with Gasteiger partial charge in [-0.15, -0.1) is 0 Å². The third-order valence-corrected chi connectivity index (χ3v) is 5.14. The molecule has 4 nitrogen and oxygen atoms in total. The summed E-state index contributed by atoms with van der Waals surface area (Å²) in [5.41, 5.74) is 1.11. The quantitative estimate of drug-likeness (QED) is 0.601. The Hall–Kier alpha value is -1.85. The Kier molecular flexibility index (Phi) is 8.65. The van der Waals surface area contributed by atoms with Crippen LogP contribution in [0.5, 0.6) is 11.5 Å². The van der Waals surface area contributed by atoms with Crippen LogP contribution in [0.25, 0.3) is 0 Å². The molecule has 0 unspecified atom stereocenters. The first-order chi connectivity index (χ1) is 12.7. The SMILES string of the molecule is CC[C@@H](Oc1ccccc1OC)C(=O)NCCSCc1ccccc1Cl. The zero-order valence-corrected chi connectivity index (χ0v) is 16.6. The molecule has 0 spiro atoms. The summed E-state index contributed by atoms with van der Waals surface area (Å²) >= 11 is 7.87. The maximum atomic E-state index is 12.4. The van der Waals surface area contributed by atoms with Crippen molar-refractivity contribution in [3.63, 3.8) is 0 Å². The smallest absolute Gasteiger partial charge is 0.261 e. The molecular weight excluding hydrogens is 370 g/mol. The van der Waals surface area contributed by atoms with Crippen LogP contribution in [-0.2, 0) is 10.5 Å². The molecule has 0 bridgehead atoms. The molecule has 1 atom stereocenters. The number of amides is 1. The van der Waals surface area contributed by atoms with Gasteiger partial charge in [-0.05, 0) is 30.2 Å². The van der Waals surface area contributed by atoms with Crippen LogP contribution < -0.4 is 14.8 Å². The Morgan fingerprint density at radius 3 is 2.54 bits per heavy atom. The molecule has 0 aromatic heterocycles. The summed E-state index contributed by atoms with van der Waals surface area (Å²) in [4.78, 5) is 12.4. The van der Waals surface area contributed by atoms with Crippen LogP contribution in [0.3, 0.4) is 0 Å². The Labute approximate surface area is 164 Å². The average molecular weight is 394 g/mol. The number of halogens is 1. The second kappa shape index (κ2) is 11.0. The zero-order chi connectivity index (χ0) is 18.8. The van der Waals surface area contributed by atoms with E-state index in [1.165, 1.54) is 0 Å². The van der Waals surface area contributed by atoms with E-state index in [1.807, 2.05) is 49.4 Å². The van der Waals surface area contributed by atoms with Gasteiger partial charge in [-0.3, -0.25) is 4.79 Å². The van der Waals surface area contributed by atoms with Gasteiger partial charge in [-0.1, -0.05) is 48.9 Å². The highest BCUT2D eigenvalue weighted by atomic mass is 35.5. The van der Waals surface area contributed by atoms with Crippen LogP contribution in [0.15, 0.2) is 48.5 Å². The number of methoxy groups -OCH3 is 1. The van der Waals surface area contributed by atoms with E-state index >= 15 is 0 Å². The maximum Gasteiger partial charge on any atom is 0.261 e. The number of ether oxygens (including phenoxy) is 2. The maximum absolute atomic E-state index is 12.4. The molecule has 0 heterocycles. The van der Waals surface area contributed by atoms with Gasteiger partial charge in [0, 0.05) is 23.1 Å². The lowest BCUT2D eigenvalue weighted by molar-refractivity contribution is -0.128. The molecule has 0 saturated carbocycles. The predicted octanol–water partition coefficient (Wildman–Crippen LogP) is 4.56. The second-order valence-electron chi connectivity index (χ2n) is 5.60. The van der Waals surface area contributed by atoms with Gasteiger partial charge in [0.15, 0.2) is 17.6 Å². The summed E-state index contributed by atoms with van der Waals surface area (Å²) in [5.74, 6) is 2.71. The largest absolute Gasteiger partial charge is 0.493 e. The van der Waals surface area contributed by atoms with E-state index in [-0.39, 0.29) is 5.91 Å². The molecule has 1 N–H and O–H groups in total. The van der Waals surface area contributed by atoms with Gasteiger partial charge in [-0.25, -0.2) is 0 Å². The molecule has 2 aromatic rings. The van der Waals surface area contributed by atoms with E-state index in [4.69, 9.17) is 21.1 Å². The zero-order valence-electron chi connectivity index (χ0n) is 15.0. The van der Waals surface area contributed by atoms with Crippen LogP contribution >= 0.6 is 23.4 Å². The molecule has 2 aromatic carbocycles. The lowest BCUT2D eigenvalue weighted by Crippen LogP contribution is -2.39. The number of hydrogen-bond acceptors (Lipinski definition) is 4. The Balaban J connectivity index is 1.76. The first-order valence-electron chi connectivity index (χ1n) is 8.54. The molecule has 0 aliphatic carbocycles. The lowest BCUT2D eigenvalue weighted by atomic mass is 10.2. The molecule has 26 heavy (non-hydrogen) atoms. The molecule has 140 valence electrons. The highest BCUT2D eigenvalue weighted by Gasteiger charge is 2.19. The molecule has 0 aliphatic rings. The van der Waals surface area contributed by atoms with Gasteiger partial charge in [-0.2, -0.15) is 11.8 Å². The van der Waals surface area contributed by atoms with E-state index in [0.29, 0.717) is 24.5 Å². The Morgan fingerprint density at radius 2 is 1.85 bits per heavy atom. The van der Waals surface area contributed by atoms with Gasteiger partial charge < -0.3 is 14.8 Å². The number of hydrogen-bond donors (Lipinski definition) is 1. The monoisotopic (exact) mass is 393 g/mol. The normalized spacial score (nSPS) is 11.7. The Morgan fingerprint density at radius 1 is 1.15 bits per heavy atom. The fourth-order valence-corrected chi connectivity index (χ4v) is 3.49. The molecular formula is C20H24ClNO3S. The molecule has 6 heteroatoms. The predicted molar refractivity (Wildman–Crippen MR) is 108 cm³/mol. The first kappa shape index (κ1) is 20.5. The van der Waals surface area contributed by atoms with Crippen molar-refractivity contribution in [3.05, 3.63) is 59.1 Å². The molecule has 0 radical (unpaired) electrons. The number of carbonyl (C=O) groups excluding carboxylic acids is 1. The molecule has 0 fully saturated rings. The first-order valence-corrected chi connectivity index (χ1v) is 10.1. The van der Waals surface area contributed by atoms with Crippen molar-refractivity contribution < 1.29 is 14.3 Å². The number of thioether (sulfide) groups is 1. The fraction of sp³-hybridized carbons (Fsp3) is 0.350. The molecule has 0 aliphatic heterocycles. The van der Waals surface area contributed by atoms with Crippen molar-refractivity contribution in [1.82, 2.24) is 5.32 Å². The average Bonchev–Trinajstić information content (AvgIpc) is 2.67. The third-order valence-electron chi connectivity index (χ3n) is 3.76. The van der Waals surface area contributed by atoms with Crippen LogP contribution in [0.1, 0.15) is 18.9 Å². The summed E-state index contributed by atoms with van der Waals surface area (Å²) in [6, 6.07) is 15.1. The van der Waals surface area contributed by atoms with E-state index < -0.39 is 6.10 Å². The lowest BCUT2D eigenvalue weighted by Gasteiger charge is -2.18. The van der Waals surface area contributed by atoms with Gasteiger partial charge in [0.25, 0.3) is 5.91 Å². The standard InChI is InChI=1S/C20H24ClNO3S/c1-3-17(25-19-11-7-6-10-18(19)24-2)20(23)22-12-13-26-14-15-8-4-5-9-16(15)21/h4-11,17H,3,12-14H2,1-2H3,(H,22,23)/t17-/m1/s1.